The summed E-state index contributed by atoms with van der Waals surface area (Å²) < 4.78 is 0. The van der Waals surface area contributed by atoms with Gasteiger partial charge in [0.25, 0.3) is 5.91 Å². The normalized spacial score (nSPS) is 18.7. The maximum absolute atomic E-state index is 12.1. The van der Waals surface area contributed by atoms with E-state index in [4.69, 9.17) is 0 Å². The van der Waals surface area contributed by atoms with Gasteiger partial charge in [0.1, 0.15) is 0 Å². The Labute approximate surface area is 155 Å². The Morgan fingerprint density at radius 2 is 1.96 bits per heavy atom. The van der Waals surface area contributed by atoms with E-state index >= 15 is 0 Å². The quantitative estimate of drug-likeness (QED) is 0.656. The predicted octanol–water partition coefficient (Wildman–Crippen LogP) is 4.48. The summed E-state index contributed by atoms with van der Waals surface area (Å²) in [5, 5.41) is 4.16. The van der Waals surface area contributed by atoms with Gasteiger partial charge in [-0.05, 0) is 74.1 Å². The Morgan fingerprint density at radius 1 is 1.27 bits per heavy atom. The molecule has 0 radical (unpaired) electrons. The molecule has 4 heteroatoms. The first kappa shape index (κ1) is 18.2. The van der Waals surface area contributed by atoms with Crippen LogP contribution in [0.1, 0.15) is 60.2 Å². The minimum Gasteiger partial charge on any atom is -0.369 e. The number of aryl methyl sites for hydroxylation is 1. The van der Waals surface area contributed by atoms with Crippen LogP contribution in [0, 0.1) is 6.92 Å². The first-order chi connectivity index (χ1) is 12.3. The monoisotopic (exact) mass is 349 g/mol. The lowest BCUT2D eigenvalue weighted by molar-refractivity contribution is 0.0955. The predicted molar refractivity (Wildman–Crippen MR) is 108 cm³/mol. The van der Waals surface area contributed by atoms with Gasteiger partial charge in [-0.15, -0.1) is 0 Å². The summed E-state index contributed by atoms with van der Waals surface area (Å²) in [5.41, 5.74) is 8.18. The van der Waals surface area contributed by atoms with Crippen LogP contribution < -0.4 is 10.3 Å². The van der Waals surface area contributed by atoms with E-state index in [9.17, 15) is 4.79 Å². The van der Waals surface area contributed by atoms with Crippen molar-refractivity contribution in [2.45, 2.75) is 45.6 Å². The lowest BCUT2D eigenvalue weighted by atomic mass is 9.79. The van der Waals surface area contributed by atoms with Crippen LogP contribution in [-0.2, 0) is 0 Å². The average Bonchev–Trinajstić information content (AvgIpc) is 2.61. The summed E-state index contributed by atoms with van der Waals surface area (Å²) in [4.78, 5) is 14.5. The Kier molecular flexibility index (Phi) is 4.86. The summed E-state index contributed by atoms with van der Waals surface area (Å²) in [6, 6.07) is 13.5. The van der Waals surface area contributed by atoms with Gasteiger partial charge in [0.15, 0.2) is 0 Å². The lowest BCUT2D eigenvalue weighted by Crippen LogP contribution is -2.45. The van der Waals surface area contributed by atoms with Crippen LogP contribution in [0.25, 0.3) is 0 Å². The van der Waals surface area contributed by atoms with Crippen LogP contribution in [0.3, 0.4) is 0 Å². The molecule has 1 amide bonds. The highest BCUT2D eigenvalue weighted by molar-refractivity contribution is 5.95. The molecule has 0 bridgehead atoms. The van der Waals surface area contributed by atoms with Crippen LogP contribution in [0.2, 0.25) is 0 Å². The number of nitrogens with one attached hydrogen (secondary N) is 1. The fraction of sp³-hybridized carbons (Fsp3) is 0.364. The molecule has 2 aromatic rings. The van der Waals surface area contributed by atoms with Crippen LogP contribution in [0.15, 0.2) is 47.6 Å². The number of benzene rings is 2. The highest BCUT2D eigenvalue weighted by Gasteiger charge is 2.34. The van der Waals surface area contributed by atoms with Gasteiger partial charge < -0.3 is 4.90 Å². The number of fused-ring (bicyclic) bond motifs is 1. The van der Waals surface area contributed by atoms with Crippen molar-refractivity contribution in [1.82, 2.24) is 5.43 Å². The summed E-state index contributed by atoms with van der Waals surface area (Å²) >= 11 is 0. The van der Waals surface area contributed by atoms with Gasteiger partial charge >= 0.3 is 0 Å². The van der Waals surface area contributed by atoms with Gasteiger partial charge in [-0.3, -0.25) is 4.79 Å². The largest absolute Gasteiger partial charge is 0.369 e. The zero-order valence-electron chi connectivity index (χ0n) is 16.2. The number of anilines is 1. The molecule has 0 saturated carbocycles. The van der Waals surface area contributed by atoms with Gasteiger partial charge in [-0.25, -0.2) is 5.43 Å². The third-order valence-electron chi connectivity index (χ3n) is 5.43. The molecular formula is C22H27N3O. The molecule has 1 atom stereocenters. The van der Waals surface area contributed by atoms with E-state index in [0.717, 1.165) is 17.5 Å². The van der Waals surface area contributed by atoms with E-state index < -0.39 is 0 Å². The highest BCUT2D eigenvalue weighted by atomic mass is 16.2. The van der Waals surface area contributed by atoms with Crippen molar-refractivity contribution in [3.63, 3.8) is 0 Å². The molecule has 1 heterocycles. The van der Waals surface area contributed by atoms with E-state index in [0.29, 0.717) is 11.5 Å². The molecule has 2 aromatic carbocycles. The van der Waals surface area contributed by atoms with Crippen molar-refractivity contribution < 1.29 is 4.79 Å². The zero-order valence-corrected chi connectivity index (χ0v) is 16.2. The van der Waals surface area contributed by atoms with Gasteiger partial charge in [0.2, 0.25) is 0 Å². The average molecular weight is 349 g/mol. The smallest absolute Gasteiger partial charge is 0.271 e. The van der Waals surface area contributed by atoms with E-state index in [1.807, 2.05) is 18.2 Å². The fourth-order valence-corrected chi connectivity index (χ4v) is 3.69. The van der Waals surface area contributed by atoms with Crippen molar-refractivity contribution in [3.05, 3.63) is 64.7 Å². The number of amides is 1. The number of carbonyl (C=O) groups is 1. The summed E-state index contributed by atoms with van der Waals surface area (Å²) in [5.74, 6) is 0.287. The molecule has 0 aromatic heterocycles. The Bertz CT molecular complexity index is 840. The molecule has 1 N–H and O–H groups in total. The van der Waals surface area contributed by atoms with Crippen molar-refractivity contribution in [1.29, 1.82) is 0 Å². The number of carbonyl (C=O) groups excluding carboxylic acids is 1. The third kappa shape index (κ3) is 3.50. The van der Waals surface area contributed by atoms with E-state index in [1.165, 1.54) is 11.3 Å². The number of rotatable bonds is 3. The highest BCUT2D eigenvalue weighted by Crippen LogP contribution is 2.43. The lowest BCUT2D eigenvalue weighted by Gasteiger charge is -2.45. The topological polar surface area (TPSA) is 44.7 Å². The molecule has 0 spiro atoms. The van der Waals surface area contributed by atoms with Crippen molar-refractivity contribution in [3.8, 4) is 0 Å². The SMILES string of the molecule is Cc1cc2c(cc1/C=N\NC(=O)c1ccccc1)[C@H](C)CC(C)(C)N2C. The standard InChI is InChI=1S/C22H27N3O/c1-15-11-20-19(16(2)13-22(3,4)25(20)5)12-18(15)14-23-24-21(26)17-9-7-6-8-10-17/h6-12,14,16H,13H2,1-5H3,(H,24,26)/b23-14-/t16-/m1/s1. The minimum atomic E-state index is -0.202. The maximum atomic E-state index is 12.1. The Balaban J connectivity index is 1.82. The van der Waals surface area contributed by atoms with Crippen molar-refractivity contribution >= 4 is 17.8 Å². The second-order valence-electron chi connectivity index (χ2n) is 7.81. The summed E-state index contributed by atoms with van der Waals surface area (Å²) in [6.45, 7) is 8.94. The van der Waals surface area contributed by atoms with E-state index in [1.54, 1.807) is 18.3 Å². The molecule has 0 aliphatic carbocycles. The van der Waals surface area contributed by atoms with Gasteiger partial charge in [-0.2, -0.15) is 5.10 Å². The van der Waals surface area contributed by atoms with E-state index in [-0.39, 0.29) is 11.4 Å². The third-order valence-corrected chi connectivity index (χ3v) is 5.43. The Morgan fingerprint density at radius 3 is 2.65 bits per heavy atom. The molecule has 4 nitrogen and oxygen atoms in total. The van der Waals surface area contributed by atoms with Gasteiger partial charge in [-0.1, -0.05) is 25.1 Å². The summed E-state index contributed by atoms with van der Waals surface area (Å²) in [7, 11) is 2.16. The molecule has 0 fully saturated rings. The molecular weight excluding hydrogens is 322 g/mol. The minimum absolute atomic E-state index is 0.151. The molecule has 1 aliphatic heterocycles. The van der Waals surface area contributed by atoms with Crippen molar-refractivity contribution in [2.75, 3.05) is 11.9 Å². The molecule has 0 saturated heterocycles. The second kappa shape index (κ2) is 6.94. The molecule has 136 valence electrons. The van der Waals surface area contributed by atoms with Crippen LogP contribution in [0.4, 0.5) is 5.69 Å². The zero-order chi connectivity index (χ0) is 18.9. The second-order valence-corrected chi connectivity index (χ2v) is 7.81. The number of hydrogen-bond acceptors (Lipinski definition) is 3. The van der Waals surface area contributed by atoms with Gasteiger partial charge in [0.05, 0.1) is 6.21 Å². The molecule has 3 rings (SSSR count). The first-order valence-electron chi connectivity index (χ1n) is 9.06. The number of nitrogens with zero attached hydrogens (tertiary/aromatic N) is 2. The maximum Gasteiger partial charge on any atom is 0.271 e. The van der Waals surface area contributed by atoms with Crippen LogP contribution in [0.5, 0.6) is 0 Å². The number of hydrogen-bond donors (Lipinski definition) is 1. The molecule has 1 aliphatic rings. The number of hydrazone groups is 1. The van der Waals surface area contributed by atoms with Crippen LogP contribution >= 0.6 is 0 Å². The fourth-order valence-electron chi connectivity index (χ4n) is 3.69. The molecule has 26 heavy (non-hydrogen) atoms. The molecule has 0 unspecified atom stereocenters. The van der Waals surface area contributed by atoms with Crippen LogP contribution in [-0.4, -0.2) is 24.7 Å². The first-order valence-corrected chi connectivity index (χ1v) is 9.06. The van der Waals surface area contributed by atoms with Gasteiger partial charge in [0, 0.05) is 23.8 Å². The van der Waals surface area contributed by atoms with Crippen molar-refractivity contribution in [2.24, 2.45) is 5.10 Å². The Hall–Kier alpha value is -2.62. The summed E-state index contributed by atoms with van der Waals surface area (Å²) in [6.07, 6.45) is 2.85. The van der Waals surface area contributed by atoms with E-state index in [2.05, 4.69) is 62.3 Å².